The minimum Gasteiger partial charge on any atom is -0.497 e. The fraction of sp³-hybridized carbons (Fsp3) is 0.500. The van der Waals surface area contributed by atoms with Gasteiger partial charge in [-0.3, -0.25) is 4.90 Å². The molecule has 2 heterocycles. The third kappa shape index (κ3) is 4.56. The van der Waals surface area contributed by atoms with Crippen LogP contribution in [0.5, 0.6) is 5.75 Å². The van der Waals surface area contributed by atoms with Gasteiger partial charge in [0.15, 0.2) is 0 Å². The van der Waals surface area contributed by atoms with Crippen LogP contribution in [0.3, 0.4) is 0 Å². The molecule has 136 valence electrons. The lowest BCUT2D eigenvalue weighted by atomic mass is 10.2. The number of nitrogens with zero attached hydrogens (tertiary/aromatic N) is 4. The van der Waals surface area contributed by atoms with Crippen LogP contribution in [-0.2, 0) is 16.6 Å². The van der Waals surface area contributed by atoms with Crippen LogP contribution in [0.1, 0.15) is 12.3 Å². The SMILES string of the molecule is COc1cccc(-c2noc(CN3CCCN(S(C)(=O)=O)CC3)n2)c1. The molecule has 1 aromatic heterocycles. The van der Waals surface area contributed by atoms with Crippen LogP contribution < -0.4 is 4.74 Å². The van der Waals surface area contributed by atoms with Gasteiger partial charge < -0.3 is 9.26 Å². The maximum atomic E-state index is 11.7. The minimum absolute atomic E-state index is 0.482. The largest absolute Gasteiger partial charge is 0.497 e. The summed E-state index contributed by atoms with van der Waals surface area (Å²) in [5.74, 6) is 1.77. The van der Waals surface area contributed by atoms with Crippen molar-refractivity contribution in [2.45, 2.75) is 13.0 Å². The van der Waals surface area contributed by atoms with E-state index in [0.717, 1.165) is 24.3 Å². The highest BCUT2D eigenvalue weighted by Gasteiger charge is 2.22. The smallest absolute Gasteiger partial charge is 0.241 e. The van der Waals surface area contributed by atoms with Crippen molar-refractivity contribution >= 4 is 10.0 Å². The van der Waals surface area contributed by atoms with E-state index >= 15 is 0 Å². The fourth-order valence-corrected chi connectivity index (χ4v) is 3.70. The van der Waals surface area contributed by atoms with Crippen LogP contribution >= 0.6 is 0 Å². The van der Waals surface area contributed by atoms with Crippen LogP contribution in [0.25, 0.3) is 11.4 Å². The van der Waals surface area contributed by atoms with Crippen molar-refractivity contribution in [1.29, 1.82) is 0 Å². The number of methoxy groups -OCH3 is 1. The van der Waals surface area contributed by atoms with Crippen molar-refractivity contribution in [3.63, 3.8) is 0 Å². The van der Waals surface area contributed by atoms with Gasteiger partial charge in [-0.1, -0.05) is 17.3 Å². The third-order valence-corrected chi connectivity index (χ3v) is 5.47. The molecule has 25 heavy (non-hydrogen) atoms. The van der Waals surface area contributed by atoms with E-state index in [1.165, 1.54) is 10.6 Å². The summed E-state index contributed by atoms with van der Waals surface area (Å²) in [6, 6.07) is 7.48. The number of hydrogen-bond acceptors (Lipinski definition) is 7. The molecule has 1 aliphatic heterocycles. The zero-order chi connectivity index (χ0) is 17.9. The molecule has 0 radical (unpaired) electrons. The normalized spacial score (nSPS) is 17.4. The van der Waals surface area contributed by atoms with Gasteiger partial charge in [-0.25, -0.2) is 12.7 Å². The fourth-order valence-electron chi connectivity index (χ4n) is 2.83. The summed E-state index contributed by atoms with van der Waals surface area (Å²) >= 11 is 0. The lowest BCUT2D eigenvalue weighted by Gasteiger charge is -2.18. The molecule has 1 aliphatic rings. The summed E-state index contributed by atoms with van der Waals surface area (Å²) < 4.78 is 35.4. The third-order valence-electron chi connectivity index (χ3n) is 4.17. The van der Waals surface area contributed by atoms with E-state index in [-0.39, 0.29) is 0 Å². The van der Waals surface area contributed by atoms with Crippen molar-refractivity contribution in [3.05, 3.63) is 30.2 Å². The number of sulfonamides is 1. The molecule has 0 N–H and O–H groups in total. The summed E-state index contributed by atoms with van der Waals surface area (Å²) in [6.45, 7) is 2.98. The van der Waals surface area contributed by atoms with Gasteiger partial charge >= 0.3 is 0 Å². The van der Waals surface area contributed by atoms with Crippen molar-refractivity contribution in [2.75, 3.05) is 39.5 Å². The van der Waals surface area contributed by atoms with Gasteiger partial charge in [-0.2, -0.15) is 4.98 Å². The Hall–Kier alpha value is -1.97. The molecule has 0 saturated carbocycles. The Labute approximate surface area is 147 Å². The Bertz CT molecular complexity index is 821. The van der Waals surface area contributed by atoms with Gasteiger partial charge in [0.2, 0.25) is 21.7 Å². The quantitative estimate of drug-likeness (QED) is 0.786. The number of aromatic nitrogens is 2. The molecule has 0 amide bonds. The molecule has 1 saturated heterocycles. The zero-order valence-corrected chi connectivity index (χ0v) is 15.2. The highest BCUT2D eigenvalue weighted by molar-refractivity contribution is 7.88. The molecule has 9 heteroatoms. The topological polar surface area (TPSA) is 88.8 Å². The summed E-state index contributed by atoms with van der Waals surface area (Å²) in [7, 11) is -1.53. The summed E-state index contributed by atoms with van der Waals surface area (Å²) in [6.07, 6.45) is 2.03. The van der Waals surface area contributed by atoms with Gasteiger partial charge in [-0.05, 0) is 25.1 Å². The van der Waals surface area contributed by atoms with E-state index in [0.29, 0.717) is 37.9 Å². The van der Waals surface area contributed by atoms with Crippen molar-refractivity contribution < 1.29 is 17.7 Å². The van der Waals surface area contributed by atoms with Gasteiger partial charge in [0.05, 0.1) is 19.9 Å². The molecule has 1 aromatic carbocycles. The molecular formula is C16H22N4O4S. The second-order valence-electron chi connectivity index (χ2n) is 6.04. The van der Waals surface area contributed by atoms with E-state index in [2.05, 4.69) is 15.0 Å². The van der Waals surface area contributed by atoms with Gasteiger partial charge in [0.1, 0.15) is 5.75 Å². The second kappa shape index (κ2) is 7.51. The lowest BCUT2D eigenvalue weighted by Crippen LogP contribution is -2.34. The number of hydrogen-bond donors (Lipinski definition) is 0. The molecular weight excluding hydrogens is 344 g/mol. The highest BCUT2D eigenvalue weighted by atomic mass is 32.2. The van der Waals surface area contributed by atoms with Crippen LogP contribution in [0.15, 0.2) is 28.8 Å². The van der Waals surface area contributed by atoms with Gasteiger partial charge in [0.25, 0.3) is 0 Å². The average molecular weight is 366 g/mol. The minimum atomic E-state index is -3.14. The van der Waals surface area contributed by atoms with E-state index in [9.17, 15) is 8.42 Å². The Morgan fingerprint density at radius 2 is 2.08 bits per heavy atom. The van der Waals surface area contributed by atoms with Gasteiger partial charge in [-0.15, -0.1) is 0 Å². The molecule has 1 fully saturated rings. The van der Waals surface area contributed by atoms with Gasteiger partial charge in [0, 0.05) is 25.2 Å². The Morgan fingerprint density at radius 3 is 2.84 bits per heavy atom. The molecule has 8 nitrogen and oxygen atoms in total. The molecule has 0 bridgehead atoms. The molecule has 0 atom stereocenters. The standard InChI is InChI=1S/C16H22N4O4S/c1-23-14-6-3-5-13(11-14)16-17-15(24-18-16)12-19-7-4-8-20(10-9-19)25(2,21)22/h3,5-6,11H,4,7-10,12H2,1-2H3. The first-order chi connectivity index (χ1) is 12.0. The van der Waals surface area contributed by atoms with Crippen molar-refractivity contribution in [3.8, 4) is 17.1 Å². The summed E-state index contributed by atoms with van der Waals surface area (Å²) in [5.41, 5.74) is 0.827. The number of ether oxygens (including phenoxy) is 1. The van der Waals surface area contributed by atoms with Crippen LogP contribution in [-0.4, -0.2) is 67.3 Å². The first kappa shape index (κ1) is 17.8. The maximum Gasteiger partial charge on any atom is 0.241 e. The number of rotatable bonds is 5. The monoisotopic (exact) mass is 366 g/mol. The molecule has 2 aromatic rings. The zero-order valence-electron chi connectivity index (χ0n) is 14.4. The second-order valence-corrected chi connectivity index (χ2v) is 8.02. The first-order valence-corrected chi connectivity index (χ1v) is 9.95. The molecule has 0 aliphatic carbocycles. The first-order valence-electron chi connectivity index (χ1n) is 8.10. The van der Waals surface area contributed by atoms with E-state index in [1.54, 1.807) is 7.11 Å². The van der Waals surface area contributed by atoms with E-state index in [1.807, 2.05) is 24.3 Å². The summed E-state index contributed by atoms with van der Waals surface area (Å²) in [5, 5.41) is 4.03. The predicted molar refractivity (Wildman–Crippen MR) is 92.6 cm³/mol. The number of benzene rings is 1. The Balaban J connectivity index is 1.65. The van der Waals surface area contributed by atoms with Crippen LogP contribution in [0, 0.1) is 0 Å². The predicted octanol–water partition coefficient (Wildman–Crippen LogP) is 1.21. The highest BCUT2D eigenvalue weighted by Crippen LogP contribution is 2.21. The lowest BCUT2D eigenvalue weighted by molar-refractivity contribution is 0.236. The average Bonchev–Trinajstić information content (AvgIpc) is 2.91. The van der Waals surface area contributed by atoms with Crippen molar-refractivity contribution in [1.82, 2.24) is 19.3 Å². The van der Waals surface area contributed by atoms with Crippen LogP contribution in [0.4, 0.5) is 0 Å². The maximum absolute atomic E-state index is 11.7. The van der Waals surface area contributed by atoms with Crippen molar-refractivity contribution in [2.24, 2.45) is 0 Å². The molecule has 3 rings (SSSR count). The van der Waals surface area contributed by atoms with E-state index < -0.39 is 10.0 Å². The molecule has 0 unspecified atom stereocenters. The van der Waals surface area contributed by atoms with E-state index in [4.69, 9.17) is 9.26 Å². The molecule has 0 spiro atoms. The Morgan fingerprint density at radius 1 is 1.24 bits per heavy atom. The summed E-state index contributed by atoms with van der Waals surface area (Å²) in [4.78, 5) is 6.57. The van der Waals surface area contributed by atoms with Crippen LogP contribution in [0.2, 0.25) is 0 Å². The Kier molecular flexibility index (Phi) is 5.36.